The first-order chi connectivity index (χ1) is 16.5. The van der Waals surface area contributed by atoms with Gasteiger partial charge in [0.25, 0.3) is 11.8 Å². The van der Waals surface area contributed by atoms with Crippen LogP contribution in [0, 0.1) is 11.3 Å². The van der Waals surface area contributed by atoms with Gasteiger partial charge in [0.1, 0.15) is 12.3 Å². The lowest BCUT2D eigenvalue weighted by Crippen LogP contribution is -2.31. The summed E-state index contributed by atoms with van der Waals surface area (Å²) in [4.78, 5) is 29.6. The Morgan fingerprint density at radius 1 is 0.971 bits per heavy atom. The standard InChI is InChI=1S/C28H22N2O3S/c1-16(2)26-23(19-11-7-8-12-21(19)34-26)25-24(27(31)30(14-13-29)28(25)32)22-18-10-6-4-5-9-17(18)15-20(22)33-3/h4-12,15-16H,14H2,1-3H3. The molecule has 6 heteroatoms. The van der Waals surface area contributed by atoms with Gasteiger partial charge in [-0.1, -0.05) is 62.4 Å². The first-order valence-corrected chi connectivity index (χ1v) is 11.8. The zero-order valence-electron chi connectivity index (χ0n) is 19.1. The molecule has 1 aromatic heterocycles. The molecule has 0 fully saturated rings. The second-order valence-electron chi connectivity index (χ2n) is 8.46. The maximum atomic E-state index is 13.8. The SMILES string of the molecule is COc1cc2cccccc-2c1C1=C(c2c(C(C)C)sc3ccccc23)C(=O)N(CC#N)C1=O. The van der Waals surface area contributed by atoms with Crippen LogP contribution in [-0.2, 0) is 9.59 Å². The number of carbonyl (C=O) groups is 2. The lowest BCUT2D eigenvalue weighted by molar-refractivity contribution is -0.135. The molecule has 0 radical (unpaired) electrons. The molecule has 0 bridgehead atoms. The van der Waals surface area contributed by atoms with Gasteiger partial charge >= 0.3 is 0 Å². The normalized spacial score (nSPS) is 14.0. The Hall–Kier alpha value is -3.95. The fraction of sp³-hybridized carbons (Fsp3) is 0.179. The van der Waals surface area contributed by atoms with Gasteiger partial charge < -0.3 is 4.74 Å². The number of methoxy groups -OCH3 is 1. The number of amides is 2. The highest BCUT2D eigenvalue weighted by Crippen LogP contribution is 2.50. The summed E-state index contributed by atoms with van der Waals surface area (Å²) in [6.45, 7) is 3.86. The Labute approximate surface area is 201 Å². The van der Waals surface area contributed by atoms with Crippen LogP contribution in [0.15, 0.2) is 60.7 Å². The first-order valence-electron chi connectivity index (χ1n) is 11.0. The smallest absolute Gasteiger partial charge is 0.263 e. The van der Waals surface area contributed by atoms with Crippen LogP contribution in [0.4, 0.5) is 0 Å². The molecular weight excluding hydrogens is 444 g/mol. The van der Waals surface area contributed by atoms with Gasteiger partial charge in [-0.15, -0.1) is 11.3 Å². The lowest BCUT2D eigenvalue weighted by atomic mass is 9.91. The average Bonchev–Trinajstić information content (AvgIpc) is 3.37. The van der Waals surface area contributed by atoms with E-state index < -0.39 is 11.8 Å². The van der Waals surface area contributed by atoms with Crippen LogP contribution >= 0.6 is 11.3 Å². The van der Waals surface area contributed by atoms with Crippen molar-refractivity contribution >= 4 is 44.4 Å². The third-order valence-electron chi connectivity index (χ3n) is 6.14. The van der Waals surface area contributed by atoms with Gasteiger partial charge in [-0.3, -0.25) is 14.5 Å². The zero-order chi connectivity index (χ0) is 24.0. The third kappa shape index (κ3) is 3.20. The summed E-state index contributed by atoms with van der Waals surface area (Å²) in [5.41, 5.74) is 3.73. The van der Waals surface area contributed by atoms with Gasteiger partial charge in [-0.05, 0) is 29.2 Å². The van der Waals surface area contributed by atoms with Crippen molar-refractivity contribution in [3.8, 4) is 22.9 Å². The molecule has 2 heterocycles. The summed E-state index contributed by atoms with van der Waals surface area (Å²) >= 11 is 1.64. The first kappa shape index (κ1) is 21.9. The van der Waals surface area contributed by atoms with Gasteiger partial charge in [-0.2, -0.15) is 5.26 Å². The Balaban J connectivity index is 1.92. The summed E-state index contributed by atoms with van der Waals surface area (Å²) in [5.74, 6) is -0.239. The summed E-state index contributed by atoms with van der Waals surface area (Å²) < 4.78 is 6.76. The maximum Gasteiger partial charge on any atom is 0.263 e. The number of imide groups is 1. The number of carbonyl (C=O) groups excluding carboxylic acids is 2. The number of fused-ring (bicyclic) bond motifs is 2. The monoisotopic (exact) mass is 466 g/mol. The molecule has 168 valence electrons. The lowest BCUT2D eigenvalue weighted by Gasteiger charge is -2.11. The minimum absolute atomic E-state index is 0.144. The third-order valence-corrected chi connectivity index (χ3v) is 7.61. The van der Waals surface area contributed by atoms with Crippen LogP contribution in [0.1, 0.15) is 35.8 Å². The van der Waals surface area contributed by atoms with Gasteiger partial charge in [0, 0.05) is 26.1 Å². The van der Waals surface area contributed by atoms with E-state index in [2.05, 4.69) is 13.8 Å². The molecule has 0 spiro atoms. The van der Waals surface area contributed by atoms with Crippen molar-refractivity contribution in [3.63, 3.8) is 0 Å². The molecule has 2 aliphatic carbocycles. The van der Waals surface area contributed by atoms with E-state index in [0.29, 0.717) is 22.5 Å². The minimum atomic E-state index is -0.469. The number of rotatable bonds is 5. The highest BCUT2D eigenvalue weighted by molar-refractivity contribution is 7.19. The fourth-order valence-electron chi connectivity index (χ4n) is 4.66. The summed E-state index contributed by atoms with van der Waals surface area (Å²) in [7, 11) is 1.56. The molecule has 2 amide bonds. The van der Waals surface area contributed by atoms with E-state index in [1.165, 1.54) is 0 Å². The van der Waals surface area contributed by atoms with Gasteiger partial charge in [0.15, 0.2) is 0 Å². The van der Waals surface area contributed by atoms with Crippen molar-refractivity contribution < 1.29 is 14.3 Å². The van der Waals surface area contributed by atoms with Crippen molar-refractivity contribution in [2.24, 2.45) is 0 Å². The number of thiophene rings is 1. The van der Waals surface area contributed by atoms with E-state index in [-0.39, 0.29) is 12.5 Å². The second kappa shape index (κ2) is 8.44. The minimum Gasteiger partial charge on any atom is -0.496 e. The number of nitrogens with zero attached hydrogens (tertiary/aromatic N) is 2. The average molecular weight is 467 g/mol. The van der Waals surface area contributed by atoms with Crippen LogP contribution in [-0.4, -0.2) is 30.4 Å². The summed E-state index contributed by atoms with van der Waals surface area (Å²) in [6.07, 6.45) is 0. The van der Waals surface area contributed by atoms with E-state index in [1.807, 2.05) is 66.7 Å². The van der Waals surface area contributed by atoms with Crippen molar-refractivity contribution in [1.29, 1.82) is 5.26 Å². The Morgan fingerprint density at radius 3 is 2.35 bits per heavy atom. The van der Waals surface area contributed by atoms with Crippen LogP contribution in [0.3, 0.4) is 0 Å². The highest BCUT2D eigenvalue weighted by Gasteiger charge is 2.43. The van der Waals surface area contributed by atoms with Gasteiger partial charge in [-0.25, -0.2) is 0 Å². The zero-order valence-corrected chi connectivity index (χ0v) is 19.9. The number of ether oxygens (including phenoxy) is 1. The molecule has 5 nitrogen and oxygen atoms in total. The van der Waals surface area contributed by atoms with Crippen LogP contribution in [0.25, 0.3) is 32.4 Å². The molecule has 0 atom stereocenters. The van der Waals surface area contributed by atoms with Gasteiger partial charge in [0.2, 0.25) is 0 Å². The van der Waals surface area contributed by atoms with Gasteiger partial charge in [0.05, 0.1) is 24.3 Å². The quantitative estimate of drug-likeness (QED) is 0.270. The number of benzene rings is 1. The summed E-state index contributed by atoms with van der Waals surface area (Å²) in [6, 6.07) is 21.4. The largest absolute Gasteiger partial charge is 0.496 e. The molecule has 5 rings (SSSR count). The second-order valence-corrected chi connectivity index (χ2v) is 9.55. The molecule has 2 aromatic rings. The molecule has 3 aliphatic rings. The number of hydrogen-bond donors (Lipinski definition) is 0. The predicted octanol–water partition coefficient (Wildman–Crippen LogP) is 5.94. The number of nitriles is 1. The van der Waals surface area contributed by atoms with Crippen molar-refractivity contribution in [3.05, 3.63) is 76.7 Å². The predicted molar refractivity (Wildman–Crippen MR) is 135 cm³/mol. The van der Waals surface area contributed by atoms with Crippen LogP contribution in [0.5, 0.6) is 5.75 Å². The molecule has 0 N–H and O–H groups in total. The van der Waals surface area contributed by atoms with E-state index in [0.717, 1.165) is 36.6 Å². The number of hydrogen-bond acceptors (Lipinski definition) is 5. The van der Waals surface area contributed by atoms with E-state index in [9.17, 15) is 14.9 Å². The molecule has 1 aliphatic heterocycles. The Morgan fingerprint density at radius 2 is 1.65 bits per heavy atom. The van der Waals surface area contributed by atoms with Crippen molar-refractivity contribution in [1.82, 2.24) is 4.90 Å². The summed E-state index contributed by atoms with van der Waals surface area (Å²) in [5, 5.41) is 10.3. The van der Waals surface area contributed by atoms with E-state index in [4.69, 9.17) is 4.74 Å². The van der Waals surface area contributed by atoms with E-state index in [1.54, 1.807) is 18.4 Å². The maximum absolute atomic E-state index is 13.8. The van der Waals surface area contributed by atoms with Crippen LogP contribution in [0.2, 0.25) is 0 Å². The highest BCUT2D eigenvalue weighted by atomic mass is 32.1. The van der Waals surface area contributed by atoms with E-state index >= 15 is 0 Å². The Kier molecular flexibility index (Phi) is 5.43. The fourth-order valence-corrected chi connectivity index (χ4v) is 5.88. The van der Waals surface area contributed by atoms with Crippen molar-refractivity contribution in [2.75, 3.05) is 13.7 Å². The molecule has 0 unspecified atom stereocenters. The molecule has 1 aromatic carbocycles. The molecule has 0 saturated heterocycles. The Bertz CT molecular complexity index is 1510. The molecular formula is C28H22N2O3S. The molecule has 34 heavy (non-hydrogen) atoms. The van der Waals surface area contributed by atoms with Crippen LogP contribution < -0.4 is 4.74 Å². The van der Waals surface area contributed by atoms with Crippen molar-refractivity contribution in [2.45, 2.75) is 19.8 Å². The molecule has 0 saturated carbocycles. The topological polar surface area (TPSA) is 70.4 Å².